The van der Waals surface area contributed by atoms with E-state index in [4.69, 9.17) is 20.3 Å². The summed E-state index contributed by atoms with van der Waals surface area (Å²) in [5.41, 5.74) is 10.6. The molecule has 0 atom stereocenters. The number of likely N-dealkylation sites (tertiary alicyclic amines) is 1. The van der Waals surface area contributed by atoms with Crippen LogP contribution < -0.4 is 10.5 Å². The van der Waals surface area contributed by atoms with Gasteiger partial charge in [0.25, 0.3) is 0 Å². The van der Waals surface area contributed by atoms with Gasteiger partial charge in [0, 0.05) is 54.9 Å². The average Bonchev–Trinajstić information content (AvgIpc) is 3.60. The molecule has 0 aliphatic carbocycles. The van der Waals surface area contributed by atoms with Crippen molar-refractivity contribution in [3.63, 3.8) is 0 Å². The average molecular weight is 610 g/mol. The van der Waals surface area contributed by atoms with Crippen LogP contribution in [0.15, 0.2) is 49.2 Å². The van der Waals surface area contributed by atoms with Crippen LogP contribution in [-0.4, -0.2) is 70.3 Å². The monoisotopic (exact) mass is 609 g/mol. The van der Waals surface area contributed by atoms with E-state index in [-0.39, 0.29) is 18.1 Å². The lowest BCUT2D eigenvalue weighted by Crippen LogP contribution is -2.42. The predicted molar refractivity (Wildman–Crippen MR) is 168 cm³/mol. The number of ether oxygens (including phenoxy) is 2. The van der Waals surface area contributed by atoms with Gasteiger partial charge in [0.1, 0.15) is 29.1 Å². The SMILES string of the molecule is Cc1ccnc(Oc2ccc(-c3c(-c4cnn(C5CCN(C(=O)OC(C)(C)C)CC5)c4)n(C)c4ncnc(N)c34)c(C=O)c2)n1. The molecule has 0 radical (unpaired) electrons. The van der Waals surface area contributed by atoms with Crippen molar-refractivity contribution >= 4 is 29.2 Å². The third kappa shape index (κ3) is 5.93. The standard InChI is InChI=1S/C32H35N9O4/c1-19-8-11-34-30(38-19)44-23-6-7-24(20(14-23)17-42)25-26-28(33)35-18-36-29(26)39(5)27(25)21-15-37-41(16-21)22-9-12-40(13-10-22)31(43)45-32(2,3)4/h6-8,11,14-18,22H,9-10,12-13H2,1-5H3,(H2,33,35,36). The van der Waals surface area contributed by atoms with E-state index in [1.54, 1.807) is 35.5 Å². The molecule has 1 aromatic carbocycles. The molecule has 1 aliphatic heterocycles. The van der Waals surface area contributed by atoms with E-state index in [0.717, 1.165) is 36.1 Å². The Hall–Kier alpha value is -5.33. The molecular formula is C32H35N9O4. The lowest BCUT2D eigenvalue weighted by molar-refractivity contribution is 0.0184. The number of aromatic nitrogens is 7. The van der Waals surface area contributed by atoms with Crippen LogP contribution >= 0.6 is 0 Å². The number of hydrogen-bond donors (Lipinski definition) is 1. The summed E-state index contributed by atoms with van der Waals surface area (Å²) >= 11 is 0. The number of amides is 1. The predicted octanol–water partition coefficient (Wildman–Crippen LogP) is 5.36. The molecule has 1 amide bonds. The topological polar surface area (TPSA) is 156 Å². The lowest BCUT2D eigenvalue weighted by atomic mass is 9.96. The smallest absolute Gasteiger partial charge is 0.410 e. The van der Waals surface area contributed by atoms with Gasteiger partial charge in [-0.05, 0) is 70.4 Å². The Morgan fingerprint density at radius 3 is 2.60 bits per heavy atom. The molecule has 0 unspecified atom stereocenters. The number of piperidine rings is 1. The molecule has 5 aromatic rings. The van der Waals surface area contributed by atoms with Gasteiger partial charge in [-0.2, -0.15) is 5.10 Å². The number of fused-ring (bicyclic) bond motifs is 1. The van der Waals surface area contributed by atoms with Gasteiger partial charge in [-0.15, -0.1) is 0 Å². The van der Waals surface area contributed by atoms with Gasteiger partial charge in [-0.25, -0.2) is 24.7 Å². The minimum absolute atomic E-state index is 0.103. The summed E-state index contributed by atoms with van der Waals surface area (Å²) in [5, 5.41) is 5.35. The number of aryl methyl sites for hydroxylation is 2. The van der Waals surface area contributed by atoms with Crippen LogP contribution in [-0.2, 0) is 11.8 Å². The number of carbonyl (C=O) groups excluding carboxylic acids is 2. The molecule has 0 bridgehead atoms. The number of rotatable bonds is 6. The van der Waals surface area contributed by atoms with E-state index in [2.05, 4.69) is 19.9 Å². The number of anilines is 1. The summed E-state index contributed by atoms with van der Waals surface area (Å²) in [6.45, 7) is 8.59. The summed E-state index contributed by atoms with van der Waals surface area (Å²) < 4.78 is 15.3. The van der Waals surface area contributed by atoms with E-state index in [0.29, 0.717) is 52.4 Å². The molecule has 1 saturated heterocycles. The number of nitrogen functional groups attached to an aromatic ring is 1. The van der Waals surface area contributed by atoms with Crippen LogP contribution in [0.3, 0.4) is 0 Å². The maximum Gasteiger partial charge on any atom is 0.410 e. The molecule has 5 heterocycles. The van der Waals surface area contributed by atoms with Crippen molar-refractivity contribution < 1.29 is 19.1 Å². The first-order chi connectivity index (χ1) is 21.5. The number of nitrogens with two attached hydrogens (primary N) is 1. The Morgan fingerprint density at radius 1 is 1.11 bits per heavy atom. The van der Waals surface area contributed by atoms with E-state index in [9.17, 15) is 9.59 Å². The van der Waals surface area contributed by atoms with Crippen LogP contribution in [0.5, 0.6) is 11.8 Å². The third-order valence-electron chi connectivity index (χ3n) is 7.76. The van der Waals surface area contributed by atoms with Crippen molar-refractivity contribution in [3.8, 4) is 34.1 Å². The van der Waals surface area contributed by atoms with Crippen molar-refractivity contribution in [2.75, 3.05) is 18.8 Å². The number of nitrogens with zero attached hydrogens (tertiary/aromatic N) is 8. The van der Waals surface area contributed by atoms with Gasteiger partial charge < -0.3 is 24.7 Å². The van der Waals surface area contributed by atoms with Crippen molar-refractivity contribution in [2.45, 2.75) is 52.2 Å². The van der Waals surface area contributed by atoms with Crippen molar-refractivity contribution in [1.29, 1.82) is 0 Å². The van der Waals surface area contributed by atoms with Gasteiger partial charge in [0.15, 0.2) is 6.29 Å². The van der Waals surface area contributed by atoms with Crippen LogP contribution in [0, 0.1) is 6.92 Å². The van der Waals surface area contributed by atoms with Gasteiger partial charge in [-0.1, -0.05) is 0 Å². The highest BCUT2D eigenvalue weighted by atomic mass is 16.6. The Balaban J connectivity index is 1.35. The summed E-state index contributed by atoms with van der Waals surface area (Å²) in [7, 11) is 1.90. The maximum atomic E-state index is 12.6. The Morgan fingerprint density at radius 2 is 1.89 bits per heavy atom. The summed E-state index contributed by atoms with van der Waals surface area (Å²) in [6.07, 6.45) is 8.79. The van der Waals surface area contributed by atoms with Crippen LogP contribution in [0.25, 0.3) is 33.4 Å². The molecular weight excluding hydrogens is 574 g/mol. The Bertz CT molecular complexity index is 1900. The molecule has 1 aliphatic rings. The second kappa shape index (κ2) is 11.6. The minimum atomic E-state index is -0.540. The maximum absolute atomic E-state index is 12.6. The highest BCUT2D eigenvalue weighted by Crippen LogP contribution is 2.43. The lowest BCUT2D eigenvalue weighted by Gasteiger charge is -2.33. The molecule has 13 nitrogen and oxygen atoms in total. The molecule has 0 saturated carbocycles. The van der Waals surface area contributed by atoms with Gasteiger partial charge in [0.2, 0.25) is 0 Å². The fourth-order valence-electron chi connectivity index (χ4n) is 5.69. The van der Waals surface area contributed by atoms with E-state index in [1.165, 1.54) is 6.33 Å². The van der Waals surface area contributed by atoms with Gasteiger partial charge >= 0.3 is 12.1 Å². The molecule has 45 heavy (non-hydrogen) atoms. The third-order valence-corrected chi connectivity index (χ3v) is 7.76. The van der Waals surface area contributed by atoms with Gasteiger partial charge in [-0.3, -0.25) is 9.48 Å². The first-order valence-corrected chi connectivity index (χ1v) is 14.7. The van der Waals surface area contributed by atoms with Crippen LogP contribution in [0.1, 0.15) is 55.7 Å². The first kappa shape index (κ1) is 29.7. The first-order valence-electron chi connectivity index (χ1n) is 14.7. The van der Waals surface area contributed by atoms with E-state index in [1.807, 2.05) is 56.3 Å². The zero-order chi connectivity index (χ0) is 31.9. The van der Waals surface area contributed by atoms with E-state index >= 15 is 0 Å². The fourth-order valence-corrected chi connectivity index (χ4v) is 5.69. The second-order valence-electron chi connectivity index (χ2n) is 12.1. The van der Waals surface area contributed by atoms with Crippen molar-refractivity contribution in [1.82, 2.24) is 39.2 Å². The summed E-state index contributed by atoms with van der Waals surface area (Å²) in [4.78, 5) is 44.0. The zero-order valence-corrected chi connectivity index (χ0v) is 25.9. The number of aldehydes is 1. The fraction of sp³-hybridized carbons (Fsp3) is 0.344. The van der Waals surface area contributed by atoms with Crippen molar-refractivity contribution in [3.05, 3.63) is 60.4 Å². The molecule has 0 spiro atoms. The zero-order valence-electron chi connectivity index (χ0n) is 25.9. The summed E-state index contributed by atoms with van der Waals surface area (Å²) in [6, 6.07) is 7.29. The number of hydrogen-bond acceptors (Lipinski definition) is 10. The molecule has 13 heteroatoms. The highest BCUT2D eigenvalue weighted by Gasteiger charge is 2.29. The highest BCUT2D eigenvalue weighted by molar-refractivity contribution is 6.10. The molecule has 6 rings (SSSR count). The van der Waals surface area contributed by atoms with Crippen LogP contribution in [0.2, 0.25) is 0 Å². The van der Waals surface area contributed by atoms with Crippen LogP contribution in [0.4, 0.5) is 10.6 Å². The molecule has 2 N–H and O–H groups in total. The number of benzene rings is 1. The van der Waals surface area contributed by atoms with Crippen molar-refractivity contribution in [2.24, 2.45) is 7.05 Å². The molecule has 232 valence electrons. The second-order valence-corrected chi connectivity index (χ2v) is 12.1. The van der Waals surface area contributed by atoms with E-state index < -0.39 is 5.60 Å². The number of carbonyl (C=O) groups is 2. The Kier molecular flexibility index (Phi) is 7.69. The normalized spacial score (nSPS) is 14.1. The van der Waals surface area contributed by atoms with Gasteiger partial charge in [0.05, 0.1) is 23.3 Å². The Labute approximate surface area is 260 Å². The molecule has 4 aromatic heterocycles. The largest absolute Gasteiger partial charge is 0.444 e. The summed E-state index contributed by atoms with van der Waals surface area (Å²) in [5.74, 6) is 0.715. The quantitative estimate of drug-likeness (QED) is 0.249. The molecule has 1 fully saturated rings. The minimum Gasteiger partial charge on any atom is -0.444 e.